The van der Waals surface area contributed by atoms with Crippen LogP contribution in [-0.4, -0.2) is 30.8 Å². The van der Waals surface area contributed by atoms with Gasteiger partial charge in [-0.1, -0.05) is 18.2 Å². The van der Waals surface area contributed by atoms with Crippen LogP contribution in [0.25, 0.3) is 16.7 Å². The van der Waals surface area contributed by atoms with E-state index in [9.17, 15) is 20.0 Å². The Hall–Kier alpha value is -3.29. The van der Waals surface area contributed by atoms with E-state index in [0.29, 0.717) is 10.9 Å². The van der Waals surface area contributed by atoms with Gasteiger partial charge in [0.05, 0.1) is 10.4 Å². The van der Waals surface area contributed by atoms with Gasteiger partial charge in [0.1, 0.15) is 18.0 Å². The number of carboxylic acids is 1. The molecule has 0 aliphatic carbocycles. The fourth-order valence-electron chi connectivity index (χ4n) is 1.96. The third-order valence-corrected chi connectivity index (χ3v) is 2.93. The van der Waals surface area contributed by atoms with Crippen LogP contribution in [0.4, 0.5) is 5.69 Å². The molecular weight excluding hydrogens is 276 g/mol. The number of carboxylic acid groups (broad SMARTS) is 1. The maximum Gasteiger partial charge on any atom is 0.339 e. The molecule has 104 valence electrons. The average Bonchev–Trinajstić information content (AvgIpc) is 2.95. The highest BCUT2D eigenvalue weighted by molar-refractivity contribution is 5.96. The molecule has 0 amide bonds. The minimum Gasteiger partial charge on any atom is -0.478 e. The van der Waals surface area contributed by atoms with Crippen molar-refractivity contribution in [2.75, 3.05) is 0 Å². The van der Waals surface area contributed by atoms with Crippen molar-refractivity contribution in [3.8, 4) is 5.82 Å². The Bertz CT molecular complexity index is 871. The highest BCUT2D eigenvalue weighted by Crippen LogP contribution is 2.21. The van der Waals surface area contributed by atoms with Crippen LogP contribution in [0.3, 0.4) is 0 Å². The van der Waals surface area contributed by atoms with Gasteiger partial charge in [0.15, 0.2) is 5.82 Å². The Morgan fingerprint density at radius 3 is 2.76 bits per heavy atom. The number of carbonyl (C=O) groups is 1. The summed E-state index contributed by atoms with van der Waals surface area (Å²) < 4.78 is 1.09. The van der Waals surface area contributed by atoms with Gasteiger partial charge in [-0.05, 0) is 12.1 Å². The van der Waals surface area contributed by atoms with Gasteiger partial charge in [0.25, 0.3) is 0 Å². The van der Waals surface area contributed by atoms with Crippen LogP contribution in [-0.2, 0) is 0 Å². The number of rotatable bonds is 3. The summed E-state index contributed by atoms with van der Waals surface area (Å²) in [7, 11) is 0. The van der Waals surface area contributed by atoms with Gasteiger partial charge in [0, 0.05) is 5.39 Å². The number of nitro groups is 1. The lowest BCUT2D eigenvalue weighted by atomic mass is 10.1. The van der Waals surface area contributed by atoms with Crippen molar-refractivity contribution in [2.24, 2.45) is 0 Å². The molecule has 3 rings (SSSR count). The lowest BCUT2D eigenvalue weighted by Crippen LogP contribution is -2.08. The van der Waals surface area contributed by atoms with Crippen molar-refractivity contribution in [3.05, 3.63) is 58.4 Å². The Morgan fingerprint density at radius 2 is 2.10 bits per heavy atom. The quantitative estimate of drug-likeness (QED) is 0.581. The van der Waals surface area contributed by atoms with Crippen LogP contribution in [0.2, 0.25) is 0 Å². The van der Waals surface area contributed by atoms with E-state index in [1.54, 1.807) is 24.3 Å². The molecule has 0 aliphatic heterocycles. The first kappa shape index (κ1) is 12.7. The summed E-state index contributed by atoms with van der Waals surface area (Å²) in [6.07, 6.45) is 2.17. The smallest absolute Gasteiger partial charge is 0.339 e. The number of benzene rings is 1. The average molecular weight is 284 g/mol. The van der Waals surface area contributed by atoms with Crippen molar-refractivity contribution in [1.29, 1.82) is 0 Å². The van der Waals surface area contributed by atoms with Gasteiger partial charge < -0.3 is 5.11 Å². The van der Waals surface area contributed by atoms with Crippen molar-refractivity contribution >= 4 is 22.6 Å². The highest BCUT2D eigenvalue weighted by Gasteiger charge is 2.18. The molecule has 0 radical (unpaired) electrons. The van der Waals surface area contributed by atoms with Gasteiger partial charge in [-0.25, -0.2) is 14.5 Å². The monoisotopic (exact) mass is 284 g/mol. The molecule has 1 N–H and O–H groups in total. The van der Waals surface area contributed by atoms with E-state index >= 15 is 0 Å². The molecule has 1 aromatic carbocycles. The van der Waals surface area contributed by atoms with E-state index in [2.05, 4.69) is 10.1 Å². The zero-order valence-electron chi connectivity index (χ0n) is 10.5. The second-order valence-corrected chi connectivity index (χ2v) is 4.26. The van der Waals surface area contributed by atoms with Crippen LogP contribution in [0.1, 0.15) is 10.4 Å². The van der Waals surface area contributed by atoms with Crippen LogP contribution in [0.15, 0.2) is 42.7 Å². The zero-order valence-corrected chi connectivity index (χ0v) is 10.5. The third kappa shape index (κ3) is 2.18. The van der Waals surface area contributed by atoms with E-state index in [-0.39, 0.29) is 17.1 Å². The second kappa shape index (κ2) is 4.67. The predicted octanol–water partition coefficient (Wildman–Crippen LogP) is 2.03. The van der Waals surface area contributed by atoms with Crippen molar-refractivity contribution < 1.29 is 14.8 Å². The Morgan fingerprint density at radius 1 is 1.33 bits per heavy atom. The van der Waals surface area contributed by atoms with E-state index in [4.69, 9.17) is 0 Å². The van der Waals surface area contributed by atoms with E-state index < -0.39 is 10.9 Å². The number of aromatic nitrogens is 3. The Balaban J connectivity index is 2.25. The summed E-state index contributed by atoms with van der Waals surface area (Å²) in [5.74, 6) is -1.14. The largest absolute Gasteiger partial charge is 0.478 e. The first-order valence-corrected chi connectivity index (χ1v) is 5.89. The van der Waals surface area contributed by atoms with E-state index in [1.807, 2.05) is 0 Å². The maximum atomic E-state index is 11.4. The fourth-order valence-corrected chi connectivity index (χ4v) is 1.96. The molecule has 2 aromatic heterocycles. The fraction of sp³-hybridized carbons (Fsp3) is 0. The topological polar surface area (TPSA) is 111 Å². The molecule has 0 unspecified atom stereocenters. The lowest BCUT2D eigenvalue weighted by molar-refractivity contribution is -0.384. The summed E-state index contributed by atoms with van der Waals surface area (Å²) in [5.41, 5.74) is 0.267. The minimum absolute atomic E-state index is 0.0364. The van der Waals surface area contributed by atoms with Crippen LogP contribution >= 0.6 is 0 Å². The molecule has 2 heterocycles. The summed E-state index contributed by atoms with van der Waals surface area (Å²) in [4.78, 5) is 25.7. The van der Waals surface area contributed by atoms with Crippen LogP contribution < -0.4 is 0 Å². The molecule has 21 heavy (non-hydrogen) atoms. The van der Waals surface area contributed by atoms with Gasteiger partial charge in [0.2, 0.25) is 0 Å². The highest BCUT2D eigenvalue weighted by atomic mass is 16.6. The Labute approximate surface area is 117 Å². The number of aromatic carboxylic acids is 1. The summed E-state index contributed by atoms with van der Waals surface area (Å²) in [6.45, 7) is 0. The van der Waals surface area contributed by atoms with Crippen molar-refractivity contribution in [3.63, 3.8) is 0 Å². The molecule has 0 atom stereocenters. The summed E-state index contributed by atoms with van der Waals surface area (Å²) in [6, 6.07) is 8.47. The van der Waals surface area contributed by atoms with E-state index in [1.165, 1.54) is 6.07 Å². The molecule has 3 aromatic rings. The van der Waals surface area contributed by atoms with Gasteiger partial charge in [-0.15, -0.1) is 0 Å². The number of pyridine rings is 1. The number of fused-ring (bicyclic) bond motifs is 1. The summed E-state index contributed by atoms with van der Waals surface area (Å²) in [5, 5.41) is 24.5. The molecule has 8 heteroatoms. The van der Waals surface area contributed by atoms with Crippen LogP contribution in [0, 0.1) is 10.1 Å². The third-order valence-electron chi connectivity index (χ3n) is 2.93. The second-order valence-electron chi connectivity index (χ2n) is 4.26. The normalized spacial score (nSPS) is 10.7. The van der Waals surface area contributed by atoms with Gasteiger partial charge >= 0.3 is 11.7 Å². The Kier molecular flexibility index (Phi) is 2.83. The molecule has 0 fully saturated rings. The number of para-hydroxylation sites is 1. The van der Waals surface area contributed by atoms with Crippen molar-refractivity contribution in [1.82, 2.24) is 14.8 Å². The SMILES string of the molecule is O=C(O)c1cc2ccccc2nc1-n1cc([N+](=O)[O-])cn1. The lowest BCUT2D eigenvalue weighted by Gasteiger charge is -2.06. The van der Waals surface area contributed by atoms with Crippen LogP contribution in [0.5, 0.6) is 0 Å². The number of hydrogen-bond donors (Lipinski definition) is 1. The van der Waals surface area contributed by atoms with Gasteiger partial charge in [-0.3, -0.25) is 10.1 Å². The number of nitrogens with zero attached hydrogens (tertiary/aromatic N) is 4. The number of hydrogen-bond acceptors (Lipinski definition) is 5. The van der Waals surface area contributed by atoms with Crippen molar-refractivity contribution in [2.45, 2.75) is 0 Å². The molecular formula is C13H8N4O4. The zero-order chi connectivity index (χ0) is 15.0. The molecule has 0 saturated heterocycles. The minimum atomic E-state index is -1.18. The maximum absolute atomic E-state index is 11.4. The molecule has 0 saturated carbocycles. The molecule has 0 spiro atoms. The first-order valence-electron chi connectivity index (χ1n) is 5.89. The molecule has 0 bridgehead atoms. The molecule has 0 aliphatic rings. The molecule has 8 nitrogen and oxygen atoms in total. The van der Waals surface area contributed by atoms with E-state index in [0.717, 1.165) is 17.1 Å². The standard InChI is InChI=1S/C13H8N4O4/c18-13(19)10-5-8-3-1-2-4-11(8)15-12(10)16-7-9(6-14-16)17(20)21/h1-7H,(H,18,19). The van der Waals surface area contributed by atoms with Gasteiger partial charge in [-0.2, -0.15) is 5.10 Å². The summed E-state index contributed by atoms with van der Waals surface area (Å²) >= 11 is 0. The first-order chi connectivity index (χ1) is 10.1. The predicted molar refractivity (Wildman–Crippen MR) is 72.5 cm³/mol.